The Morgan fingerprint density at radius 1 is 1.35 bits per heavy atom. The topological polar surface area (TPSA) is 45.5 Å². The number of carbonyl (C=O) groups excluding carboxylic acids is 1. The molecule has 3 rings (SSSR count). The zero-order chi connectivity index (χ0) is 11.8. The average molecular weight is 234 g/mol. The lowest BCUT2D eigenvalue weighted by molar-refractivity contribution is 0.0748. The average Bonchev–Trinajstić information content (AvgIpc) is 2.84. The lowest BCUT2D eigenvalue weighted by Gasteiger charge is -2.29. The summed E-state index contributed by atoms with van der Waals surface area (Å²) in [6.45, 7) is 1.16. The Kier molecular flexibility index (Phi) is 2.67. The van der Waals surface area contributed by atoms with E-state index in [4.69, 9.17) is 0 Å². The van der Waals surface area contributed by atoms with E-state index in [9.17, 15) is 9.90 Å². The van der Waals surface area contributed by atoms with E-state index in [1.807, 2.05) is 18.3 Å². The largest absolute Gasteiger partial charge is 0.391 e. The van der Waals surface area contributed by atoms with Crippen molar-refractivity contribution >= 4 is 5.91 Å². The maximum absolute atomic E-state index is 12.3. The summed E-state index contributed by atoms with van der Waals surface area (Å²) in [6, 6.07) is 4.35. The van der Waals surface area contributed by atoms with E-state index in [1.165, 1.54) is 19.3 Å². The molecule has 92 valence electrons. The Labute approximate surface area is 101 Å². The van der Waals surface area contributed by atoms with Crippen LogP contribution in [0.3, 0.4) is 0 Å². The van der Waals surface area contributed by atoms with Crippen molar-refractivity contribution in [3.8, 4) is 0 Å². The van der Waals surface area contributed by atoms with E-state index in [0.717, 1.165) is 5.69 Å². The Morgan fingerprint density at radius 2 is 2.18 bits per heavy atom. The van der Waals surface area contributed by atoms with Crippen LogP contribution in [-0.4, -0.2) is 39.7 Å². The molecular formula is C13H18N2O2. The van der Waals surface area contributed by atoms with Crippen molar-refractivity contribution in [1.29, 1.82) is 0 Å². The summed E-state index contributed by atoms with van der Waals surface area (Å²) >= 11 is 0. The predicted octanol–water partition coefficient (Wildman–Crippen LogP) is 1.42. The number of nitrogens with zero attached hydrogens (tertiary/aromatic N) is 2. The highest BCUT2D eigenvalue weighted by atomic mass is 16.3. The van der Waals surface area contributed by atoms with Gasteiger partial charge in [-0.25, -0.2) is 0 Å². The fourth-order valence-corrected chi connectivity index (χ4v) is 2.65. The summed E-state index contributed by atoms with van der Waals surface area (Å²) in [6.07, 6.45) is 5.99. The molecule has 2 aliphatic rings. The van der Waals surface area contributed by atoms with Gasteiger partial charge in [0.2, 0.25) is 0 Å². The number of likely N-dealkylation sites (tertiary alicyclic amines) is 1. The molecule has 0 aromatic carbocycles. The molecule has 4 nitrogen and oxygen atoms in total. The molecule has 1 saturated carbocycles. The molecule has 0 unspecified atom stereocenters. The van der Waals surface area contributed by atoms with Crippen molar-refractivity contribution in [2.75, 3.05) is 13.1 Å². The van der Waals surface area contributed by atoms with Gasteiger partial charge in [0.1, 0.15) is 5.69 Å². The second-order valence-corrected chi connectivity index (χ2v) is 5.08. The maximum atomic E-state index is 12.3. The minimum Gasteiger partial charge on any atom is -0.391 e. The molecule has 1 aliphatic heterocycles. The van der Waals surface area contributed by atoms with Crippen LogP contribution in [0.1, 0.15) is 42.2 Å². The molecule has 17 heavy (non-hydrogen) atoms. The summed E-state index contributed by atoms with van der Waals surface area (Å²) in [5.74, 6) is 0.0680. The van der Waals surface area contributed by atoms with E-state index >= 15 is 0 Å². The molecule has 1 aromatic rings. The standard InChI is InChI=1S/C13H18N2O2/c16-11-6-8-14(9-11)13(17)12-5-2-7-15(12)10-3-1-4-10/h2,5,7,10-11,16H,1,3-4,6,8-9H2/t11-/m0/s1. The molecular weight excluding hydrogens is 216 g/mol. The summed E-state index contributed by atoms with van der Waals surface area (Å²) in [5, 5.41) is 9.48. The summed E-state index contributed by atoms with van der Waals surface area (Å²) < 4.78 is 2.11. The van der Waals surface area contributed by atoms with Crippen LogP contribution >= 0.6 is 0 Å². The number of aliphatic hydroxyl groups is 1. The number of carbonyl (C=O) groups is 1. The van der Waals surface area contributed by atoms with Gasteiger partial charge in [-0.05, 0) is 37.8 Å². The van der Waals surface area contributed by atoms with Crippen molar-refractivity contribution in [3.05, 3.63) is 24.0 Å². The van der Waals surface area contributed by atoms with Gasteiger partial charge in [-0.1, -0.05) is 0 Å². The van der Waals surface area contributed by atoms with Gasteiger partial charge in [0.05, 0.1) is 6.10 Å². The molecule has 0 radical (unpaired) electrons. The number of β-amino-alcohol motifs (C(OH)–C–C–N with tert-alkyl or cyclic N) is 1. The lowest BCUT2D eigenvalue weighted by Crippen LogP contribution is -2.32. The zero-order valence-electron chi connectivity index (χ0n) is 9.88. The van der Waals surface area contributed by atoms with Crippen LogP contribution in [0, 0.1) is 0 Å². The molecule has 0 spiro atoms. The van der Waals surface area contributed by atoms with Crippen LogP contribution in [0.15, 0.2) is 18.3 Å². The number of hydrogen-bond donors (Lipinski definition) is 1. The van der Waals surface area contributed by atoms with Gasteiger partial charge in [-0.15, -0.1) is 0 Å². The molecule has 1 N–H and O–H groups in total. The number of aliphatic hydroxyl groups excluding tert-OH is 1. The molecule has 1 aromatic heterocycles. The molecule has 1 atom stereocenters. The highest BCUT2D eigenvalue weighted by molar-refractivity contribution is 5.93. The second-order valence-electron chi connectivity index (χ2n) is 5.08. The third-order valence-corrected chi connectivity index (χ3v) is 3.92. The van der Waals surface area contributed by atoms with E-state index in [-0.39, 0.29) is 12.0 Å². The Balaban J connectivity index is 1.79. The first-order valence-electron chi connectivity index (χ1n) is 6.40. The molecule has 4 heteroatoms. The zero-order valence-corrected chi connectivity index (χ0v) is 9.88. The Hall–Kier alpha value is -1.29. The van der Waals surface area contributed by atoms with Crippen molar-refractivity contribution in [2.24, 2.45) is 0 Å². The number of aromatic nitrogens is 1. The van der Waals surface area contributed by atoms with Gasteiger partial charge in [-0.3, -0.25) is 4.79 Å². The van der Waals surface area contributed by atoms with E-state index in [1.54, 1.807) is 4.90 Å². The molecule has 0 bridgehead atoms. The lowest BCUT2D eigenvalue weighted by atomic mass is 9.93. The quantitative estimate of drug-likeness (QED) is 0.841. The first-order chi connectivity index (χ1) is 8.25. The van der Waals surface area contributed by atoms with Gasteiger partial charge < -0.3 is 14.6 Å². The van der Waals surface area contributed by atoms with Gasteiger partial charge in [0.25, 0.3) is 5.91 Å². The van der Waals surface area contributed by atoms with E-state index < -0.39 is 0 Å². The van der Waals surface area contributed by atoms with Crippen LogP contribution in [0.5, 0.6) is 0 Å². The van der Waals surface area contributed by atoms with E-state index in [0.29, 0.717) is 25.6 Å². The van der Waals surface area contributed by atoms with Gasteiger partial charge in [0.15, 0.2) is 0 Å². The highest BCUT2D eigenvalue weighted by Crippen LogP contribution is 2.33. The van der Waals surface area contributed by atoms with Crippen LogP contribution in [-0.2, 0) is 0 Å². The first-order valence-corrected chi connectivity index (χ1v) is 6.40. The number of rotatable bonds is 2. The number of hydrogen-bond acceptors (Lipinski definition) is 2. The van der Waals surface area contributed by atoms with Crippen LogP contribution < -0.4 is 0 Å². The Morgan fingerprint density at radius 3 is 2.76 bits per heavy atom. The minimum atomic E-state index is -0.342. The Bertz CT molecular complexity index is 423. The monoisotopic (exact) mass is 234 g/mol. The summed E-state index contributed by atoms with van der Waals surface area (Å²) in [7, 11) is 0. The molecule has 1 aliphatic carbocycles. The third-order valence-electron chi connectivity index (χ3n) is 3.92. The summed E-state index contributed by atoms with van der Waals surface area (Å²) in [4.78, 5) is 14.1. The maximum Gasteiger partial charge on any atom is 0.270 e. The van der Waals surface area contributed by atoms with Crippen LogP contribution in [0.25, 0.3) is 0 Å². The van der Waals surface area contributed by atoms with Gasteiger partial charge in [0, 0.05) is 25.3 Å². The fraction of sp³-hybridized carbons (Fsp3) is 0.615. The third kappa shape index (κ3) is 1.86. The van der Waals surface area contributed by atoms with Crippen molar-refractivity contribution in [2.45, 2.75) is 37.8 Å². The van der Waals surface area contributed by atoms with Gasteiger partial charge in [-0.2, -0.15) is 0 Å². The smallest absolute Gasteiger partial charge is 0.270 e. The molecule has 1 amide bonds. The van der Waals surface area contributed by atoms with Crippen LogP contribution in [0.4, 0.5) is 0 Å². The molecule has 1 saturated heterocycles. The predicted molar refractivity (Wildman–Crippen MR) is 63.8 cm³/mol. The second kappa shape index (κ2) is 4.18. The van der Waals surface area contributed by atoms with Crippen molar-refractivity contribution < 1.29 is 9.90 Å². The normalized spacial score (nSPS) is 25.0. The van der Waals surface area contributed by atoms with Gasteiger partial charge >= 0.3 is 0 Å². The van der Waals surface area contributed by atoms with Crippen LogP contribution in [0.2, 0.25) is 0 Å². The number of amides is 1. The summed E-state index contributed by atoms with van der Waals surface area (Å²) in [5.41, 5.74) is 0.781. The minimum absolute atomic E-state index is 0.0680. The molecule has 2 fully saturated rings. The van der Waals surface area contributed by atoms with E-state index in [2.05, 4.69) is 4.57 Å². The highest BCUT2D eigenvalue weighted by Gasteiger charge is 2.29. The fourth-order valence-electron chi connectivity index (χ4n) is 2.65. The van der Waals surface area contributed by atoms with Crippen molar-refractivity contribution in [1.82, 2.24) is 9.47 Å². The van der Waals surface area contributed by atoms with Crippen molar-refractivity contribution in [3.63, 3.8) is 0 Å². The first kappa shape index (κ1) is 10.8. The SMILES string of the molecule is O=C(c1cccn1C1CCC1)N1CC[C@H](O)C1. The molecule has 2 heterocycles.